The summed E-state index contributed by atoms with van der Waals surface area (Å²) in [6.07, 6.45) is 7.53. The minimum absolute atomic E-state index is 0.0130. The number of rotatable bonds is 6. The number of thiophene rings is 1. The molecule has 2 N–H and O–H groups in total. The monoisotopic (exact) mass is 495 g/mol. The third kappa shape index (κ3) is 6.15. The van der Waals surface area contributed by atoms with Gasteiger partial charge in [-0.05, 0) is 86.6 Å². The summed E-state index contributed by atoms with van der Waals surface area (Å²) in [6, 6.07) is 8.34. The van der Waals surface area contributed by atoms with Gasteiger partial charge in [-0.3, -0.25) is 14.5 Å². The fourth-order valence-electron chi connectivity index (χ4n) is 5.65. The molecule has 5 nitrogen and oxygen atoms in total. The molecule has 2 amide bonds. The summed E-state index contributed by atoms with van der Waals surface area (Å²) in [5, 5.41) is 6.98. The van der Waals surface area contributed by atoms with Crippen molar-refractivity contribution in [2.24, 2.45) is 11.3 Å². The Bertz CT molecular complexity index is 1070. The number of nitrogens with one attached hydrogen (secondary N) is 2. The van der Waals surface area contributed by atoms with Crippen molar-refractivity contribution in [1.82, 2.24) is 4.90 Å². The van der Waals surface area contributed by atoms with Crippen LogP contribution in [-0.2, 0) is 17.6 Å². The molecule has 0 unspecified atom stereocenters. The maximum absolute atomic E-state index is 13.6. The van der Waals surface area contributed by atoms with Gasteiger partial charge in [-0.15, -0.1) is 11.3 Å². The molecule has 0 bridgehead atoms. The van der Waals surface area contributed by atoms with Gasteiger partial charge in [0.2, 0.25) is 5.91 Å². The van der Waals surface area contributed by atoms with Crippen molar-refractivity contribution in [3.63, 3.8) is 0 Å². The van der Waals surface area contributed by atoms with Crippen LogP contribution in [-0.4, -0.2) is 35.8 Å². The Labute approximate surface area is 214 Å². The SMILES string of the molecule is CC[C@@H]1CCCCN1CC(=O)Nc1sc2c(c1C(=O)Nc1cccc(C)c1)CC[C@H](C(C)(C)C)C2. The zero-order valence-corrected chi connectivity index (χ0v) is 22.8. The Hall–Kier alpha value is -2.18. The fraction of sp³-hybridized carbons (Fsp3) is 0.586. The van der Waals surface area contributed by atoms with Crippen molar-refractivity contribution in [3.8, 4) is 0 Å². The second kappa shape index (κ2) is 10.8. The summed E-state index contributed by atoms with van der Waals surface area (Å²) in [7, 11) is 0. The Kier molecular flexibility index (Phi) is 8.02. The van der Waals surface area contributed by atoms with Crippen LogP contribution >= 0.6 is 11.3 Å². The van der Waals surface area contributed by atoms with E-state index in [1.54, 1.807) is 11.3 Å². The molecule has 0 saturated carbocycles. The Balaban J connectivity index is 1.59. The predicted octanol–water partition coefficient (Wildman–Crippen LogP) is 6.66. The van der Waals surface area contributed by atoms with Crippen LogP contribution in [0, 0.1) is 18.3 Å². The first-order valence-corrected chi connectivity index (χ1v) is 14.0. The number of hydrogen-bond donors (Lipinski definition) is 2. The molecule has 1 aromatic carbocycles. The van der Waals surface area contributed by atoms with Crippen LogP contribution in [0.4, 0.5) is 10.7 Å². The van der Waals surface area contributed by atoms with Crippen LogP contribution in [0.3, 0.4) is 0 Å². The lowest BCUT2D eigenvalue weighted by Crippen LogP contribution is -2.43. The molecule has 2 atom stereocenters. The first kappa shape index (κ1) is 25.9. The third-order valence-corrected chi connectivity index (χ3v) is 8.98. The molecule has 0 radical (unpaired) electrons. The molecule has 1 aliphatic carbocycles. The Morgan fingerprint density at radius 1 is 1.14 bits per heavy atom. The molecule has 0 spiro atoms. The van der Waals surface area contributed by atoms with E-state index >= 15 is 0 Å². The van der Waals surface area contributed by atoms with Gasteiger partial charge < -0.3 is 10.6 Å². The number of carbonyl (C=O) groups is 2. The molecular weight excluding hydrogens is 454 g/mol. The van der Waals surface area contributed by atoms with Crippen LogP contribution in [0.1, 0.15) is 86.2 Å². The minimum atomic E-state index is -0.123. The maximum atomic E-state index is 13.6. The highest BCUT2D eigenvalue weighted by molar-refractivity contribution is 7.17. The molecule has 1 aliphatic heterocycles. The number of carbonyl (C=O) groups excluding carboxylic acids is 2. The van der Waals surface area contributed by atoms with E-state index in [0.717, 1.165) is 61.9 Å². The van der Waals surface area contributed by atoms with Gasteiger partial charge in [0.1, 0.15) is 5.00 Å². The maximum Gasteiger partial charge on any atom is 0.258 e. The lowest BCUT2D eigenvalue weighted by atomic mass is 9.72. The van der Waals surface area contributed by atoms with E-state index in [2.05, 4.69) is 43.2 Å². The summed E-state index contributed by atoms with van der Waals surface area (Å²) in [6.45, 7) is 12.5. The third-order valence-electron chi connectivity index (χ3n) is 7.81. The number of nitrogens with zero attached hydrogens (tertiary/aromatic N) is 1. The molecule has 1 aromatic heterocycles. The van der Waals surface area contributed by atoms with E-state index < -0.39 is 0 Å². The smallest absolute Gasteiger partial charge is 0.258 e. The summed E-state index contributed by atoms with van der Waals surface area (Å²) in [4.78, 5) is 30.3. The van der Waals surface area contributed by atoms with Crippen molar-refractivity contribution in [2.75, 3.05) is 23.7 Å². The molecule has 2 heterocycles. The first-order chi connectivity index (χ1) is 16.7. The second-order valence-electron chi connectivity index (χ2n) is 11.4. The molecular formula is C29H41N3O2S. The van der Waals surface area contributed by atoms with Crippen LogP contribution < -0.4 is 10.6 Å². The molecule has 6 heteroatoms. The van der Waals surface area contributed by atoms with E-state index in [1.165, 1.54) is 11.3 Å². The summed E-state index contributed by atoms with van der Waals surface area (Å²) in [5.74, 6) is 0.437. The van der Waals surface area contributed by atoms with E-state index in [1.807, 2.05) is 31.2 Å². The van der Waals surface area contributed by atoms with Crippen molar-refractivity contribution in [1.29, 1.82) is 0 Å². The Morgan fingerprint density at radius 3 is 2.66 bits per heavy atom. The van der Waals surface area contributed by atoms with Gasteiger partial charge in [-0.25, -0.2) is 0 Å². The highest BCUT2D eigenvalue weighted by Crippen LogP contribution is 2.44. The molecule has 4 rings (SSSR count). The zero-order valence-electron chi connectivity index (χ0n) is 22.0. The van der Waals surface area contributed by atoms with Crippen molar-refractivity contribution in [2.45, 2.75) is 85.6 Å². The summed E-state index contributed by atoms with van der Waals surface area (Å²) >= 11 is 1.61. The standard InChI is InChI=1S/C29H41N3O2S/c1-6-22-12-7-8-15-32(22)18-25(33)31-28-26(27(34)30-21-11-9-10-19(2)16-21)23-14-13-20(29(3,4)5)17-24(23)35-28/h9-11,16,20,22H,6-8,12-15,17-18H2,1-5H3,(H,30,34)(H,31,33)/t20-,22+/m0/s1. The highest BCUT2D eigenvalue weighted by atomic mass is 32.1. The number of hydrogen-bond acceptors (Lipinski definition) is 4. The second-order valence-corrected chi connectivity index (χ2v) is 12.5. The van der Waals surface area contributed by atoms with Crippen molar-refractivity contribution >= 4 is 33.8 Å². The number of aryl methyl sites for hydroxylation is 1. The van der Waals surface area contributed by atoms with E-state index in [0.29, 0.717) is 29.1 Å². The zero-order chi connectivity index (χ0) is 25.2. The predicted molar refractivity (Wildman–Crippen MR) is 147 cm³/mol. The highest BCUT2D eigenvalue weighted by Gasteiger charge is 2.34. The number of piperidine rings is 1. The van der Waals surface area contributed by atoms with Crippen LogP contribution in [0.15, 0.2) is 24.3 Å². The molecule has 1 fully saturated rings. The summed E-state index contributed by atoms with van der Waals surface area (Å²) in [5.41, 5.74) is 3.90. The molecule has 35 heavy (non-hydrogen) atoms. The molecule has 190 valence electrons. The van der Waals surface area contributed by atoms with E-state index in [-0.39, 0.29) is 17.2 Å². The van der Waals surface area contributed by atoms with Gasteiger partial charge in [-0.1, -0.05) is 46.2 Å². The van der Waals surface area contributed by atoms with Gasteiger partial charge >= 0.3 is 0 Å². The average molecular weight is 496 g/mol. The van der Waals surface area contributed by atoms with Gasteiger partial charge in [0, 0.05) is 16.6 Å². The topological polar surface area (TPSA) is 61.4 Å². The average Bonchev–Trinajstić information content (AvgIpc) is 3.15. The van der Waals surface area contributed by atoms with E-state index in [4.69, 9.17) is 0 Å². The Morgan fingerprint density at radius 2 is 1.94 bits per heavy atom. The fourth-order valence-corrected chi connectivity index (χ4v) is 6.99. The number of benzene rings is 1. The summed E-state index contributed by atoms with van der Waals surface area (Å²) < 4.78 is 0. The largest absolute Gasteiger partial charge is 0.322 e. The minimum Gasteiger partial charge on any atom is -0.322 e. The normalized spacial score (nSPS) is 20.8. The lowest BCUT2D eigenvalue weighted by molar-refractivity contribution is -0.118. The van der Waals surface area contributed by atoms with Gasteiger partial charge in [-0.2, -0.15) is 0 Å². The van der Waals surface area contributed by atoms with Crippen molar-refractivity contribution in [3.05, 3.63) is 45.8 Å². The number of anilines is 2. The number of fused-ring (bicyclic) bond motifs is 1. The first-order valence-electron chi connectivity index (χ1n) is 13.2. The van der Waals surface area contributed by atoms with Crippen LogP contribution in [0.2, 0.25) is 0 Å². The number of amides is 2. The number of likely N-dealkylation sites (tertiary alicyclic amines) is 1. The van der Waals surface area contributed by atoms with Crippen LogP contribution in [0.25, 0.3) is 0 Å². The molecule has 2 aromatic rings. The molecule has 1 saturated heterocycles. The van der Waals surface area contributed by atoms with Gasteiger partial charge in [0.05, 0.1) is 12.1 Å². The lowest BCUT2D eigenvalue weighted by Gasteiger charge is -2.34. The van der Waals surface area contributed by atoms with Crippen molar-refractivity contribution < 1.29 is 9.59 Å². The quantitative estimate of drug-likeness (QED) is 0.471. The molecule has 2 aliphatic rings. The van der Waals surface area contributed by atoms with E-state index in [9.17, 15) is 9.59 Å². The van der Waals surface area contributed by atoms with Crippen LogP contribution in [0.5, 0.6) is 0 Å². The van der Waals surface area contributed by atoms with Gasteiger partial charge in [0.15, 0.2) is 0 Å². The van der Waals surface area contributed by atoms with Gasteiger partial charge in [0.25, 0.3) is 5.91 Å².